The van der Waals surface area contributed by atoms with E-state index in [0.29, 0.717) is 21.4 Å². The van der Waals surface area contributed by atoms with Crippen LogP contribution in [-0.4, -0.2) is 23.3 Å². The first kappa shape index (κ1) is 26.3. The third-order valence-electron chi connectivity index (χ3n) is 5.77. The summed E-state index contributed by atoms with van der Waals surface area (Å²) in [5.74, 6) is -0.0731. The fourth-order valence-electron chi connectivity index (χ4n) is 3.90. The van der Waals surface area contributed by atoms with Crippen molar-refractivity contribution >= 4 is 35.0 Å². The SMILES string of the molecule is O=C(NCc1ccc(Cl)cc1Cl)[C@H](c1ccccc1)N(Cc1ccccc1)C(=O)COc1ccccc1. The lowest BCUT2D eigenvalue weighted by atomic mass is 10.0. The lowest BCUT2D eigenvalue weighted by Crippen LogP contribution is -2.45. The van der Waals surface area contributed by atoms with Gasteiger partial charge in [0.1, 0.15) is 11.8 Å². The Bertz CT molecular complexity index is 1320. The standard InChI is InChI=1S/C30H26Cl2N2O3/c31-25-17-16-24(27(32)18-25)19-33-30(36)29(23-12-6-2-7-13-23)34(20-22-10-4-1-5-11-22)28(35)21-37-26-14-8-3-9-15-26/h1-18,29H,19-21H2,(H,33,36)/t29-/m0/s1. The van der Waals surface area contributed by atoms with Crippen molar-refractivity contribution in [1.82, 2.24) is 10.2 Å². The zero-order chi connectivity index (χ0) is 26.0. The Morgan fingerprint density at radius 2 is 1.43 bits per heavy atom. The van der Waals surface area contributed by atoms with Crippen LogP contribution in [0.5, 0.6) is 5.75 Å². The van der Waals surface area contributed by atoms with E-state index in [-0.39, 0.29) is 31.5 Å². The molecule has 0 fully saturated rings. The molecule has 2 amide bonds. The van der Waals surface area contributed by atoms with E-state index in [9.17, 15) is 9.59 Å². The molecule has 1 atom stereocenters. The predicted molar refractivity (Wildman–Crippen MR) is 146 cm³/mol. The molecule has 7 heteroatoms. The number of ether oxygens (including phenoxy) is 1. The molecule has 0 radical (unpaired) electrons. The van der Waals surface area contributed by atoms with Crippen LogP contribution < -0.4 is 10.1 Å². The summed E-state index contributed by atoms with van der Waals surface area (Å²) in [6.07, 6.45) is 0. The minimum Gasteiger partial charge on any atom is -0.484 e. The molecular formula is C30H26Cl2N2O3. The highest BCUT2D eigenvalue weighted by Crippen LogP contribution is 2.26. The number of nitrogens with one attached hydrogen (secondary N) is 1. The van der Waals surface area contributed by atoms with Crippen LogP contribution in [-0.2, 0) is 22.7 Å². The normalized spacial score (nSPS) is 11.4. The van der Waals surface area contributed by atoms with Gasteiger partial charge >= 0.3 is 0 Å². The smallest absolute Gasteiger partial charge is 0.261 e. The summed E-state index contributed by atoms with van der Waals surface area (Å²) < 4.78 is 5.76. The first-order valence-corrected chi connectivity index (χ1v) is 12.5. The number of halogens is 2. The highest BCUT2D eigenvalue weighted by atomic mass is 35.5. The molecule has 4 aromatic rings. The lowest BCUT2D eigenvalue weighted by Gasteiger charge is -2.31. The van der Waals surface area contributed by atoms with Gasteiger partial charge < -0.3 is 15.0 Å². The number of nitrogens with zero attached hydrogens (tertiary/aromatic N) is 1. The van der Waals surface area contributed by atoms with E-state index in [1.807, 2.05) is 78.9 Å². The quantitative estimate of drug-likeness (QED) is 0.255. The van der Waals surface area contributed by atoms with Crippen molar-refractivity contribution in [3.63, 3.8) is 0 Å². The Morgan fingerprint density at radius 3 is 2.08 bits per heavy atom. The maximum Gasteiger partial charge on any atom is 0.261 e. The summed E-state index contributed by atoms with van der Waals surface area (Å²) in [7, 11) is 0. The van der Waals surface area contributed by atoms with Crippen molar-refractivity contribution in [2.45, 2.75) is 19.1 Å². The molecule has 37 heavy (non-hydrogen) atoms. The van der Waals surface area contributed by atoms with E-state index in [0.717, 1.165) is 11.1 Å². The van der Waals surface area contributed by atoms with Gasteiger partial charge in [-0.3, -0.25) is 9.59 Å². The summed E-state index contributed by atoms with van der Waals surface area (Å²) in [6, 6.07) is 32.1. The molecule has 5 nitrogen and oxygen atoms in total. The molecule has 0 heterocycles. The van der Waals surface area contributed by atoms with E-state index in [4.69, 9.17) is 27.9 Å². The summed E-state index contributed by atoms with van der Waals surface area (Å²) in [5, 5.41) is 3.92. The molecule has 0 bridgehead atoms. The topological polar surface area (TPSA) is 58.6 Å². The maximum atomic E-state index is 13.7. The van der Waals surface area contributed by atoms with Crippen molar-refractivity contribution in [1.29, 1.82) is 0 Å². The second-order valence-corrected chi connectivity index (χ2v) is 9.22. The van der Waals surface area contributed by atoms with Gasteiger partial charge in [-0.1, -0.05) is 108 Å². The Kier molecular flexibility index (Phi) is 9.19. The second kappa shape index (κ2) is 12.9. The van der Waals surface area contributed by atoms with Crippen molar-refractivity contribution in [2.24, 2.45) is 0 Å². The zero-order valence-corrected chi connectivity index (χ0v) is 21.5. The Morgan fingerprint density at radius 1 is 0.811 bits per heavy atom. The number of hydrogen-bond donors (Lipinski definition) is 1. The lowest BCUT2D eigenvalue weighted by molar-refractivity contribution is -0.143. The molecule has 4 rings (SSSR count). The van der Waals surface area contributed by atoms with Gasteiger partial charge in [0.2, 0.25) is 5.91 Å². The predicted octanol–water partition coefficient (Wildman–Crippen LogP) is 6.46. The van der Waals surface area contributed by atoms with E-state index < -0.39 is 6.04 Å². The molecule has 1 N–H and O–H groups in total. The molecule has 0 unspecified atom stereocenters. The summed E-state index contributed by atoms with van der Waals surface area (Å²) in [5.41, 5.74) is 2.30. The first-order chi connectivity index (χ1) is 18.0. The zero-order valence-electron chi connectivity index (χ0n) is 20.0. The average molecular weight is 533 g/mol. The third kappa shape index (κ3) is 7.35. The first-order valence-electron chi connectivity index (χ1n) is 11.8. The minimum atomic E-state index is -0.889. The van der Waals surface area contributed by atoms with Crippen molar-refractivity contribution < 1.29 is 14.3 Å². The highest BCUT2D eigenvalue weighted by molar-refractivity contribution is 6.35. The molecule has 0 saturated heterocycles. The molecule has 0 aliphatic carbocycles. The van der Waals surface area contributed by atoms with Crippen LogP contribution >= 0.6 is 23.2 Å². The number of amides is 2. The third-order valence-corrected chi connectivity index (χ3v) is 6.35. The van der Waals surface area contributed by atoms with Crippen LogP contribution in [0.3, 0.4) is 0 Å². The fourth-order valence-corrected chi connectivity index (χ4v) is 4.38. The highest BCUT2D eigenvalue weighted by Gasteiger charge is 2.31. The maximum absolute atomic E-state index is 13.7. The number of carbonyl (C=O) groups is 2. The number of rotatable bonds is 10. The van der Waals surface area contributed by atoms with Crippen LogP contribution in [0, 0.1) is 0 Å². The average Bonchev–Trinajstić information content (AvgIpc) is 2.92. The molecule has 0 aromatic heterocycles. The molecule has 0 saturated carbocycles. The largest absolute Gasteiger partial charge is 0.484 e. The van der Waals surface area contributed by atoms with Gasteiger partial charge in [0, 0.05) is 23.1 Å². The van der Waals surface area contributed by atoms with Crippen molar-refractivity contribution in [3.8, 4) is 5.75 Å². The molecule has 0 aliphatic rings. The van der Waals surface area contributed by atoms with Crippen LogP contribution in [0.15, 0.2) is 109 Å². The second-order valence-electron chi connectivity index (χ2n) is 8.38. The molecule has 4 aromatic carbocycles. The van der Waals surface area contributed by atoms with Gasteiger partial charge in [-0.2, -0.15) is 0 Å². The number of carbonyl (C=O) groups excluding carboxylic acids is 2. The van der Waals surface area contributed by atoms with Gasteiger partial charge in [0.25, 0.3) is 5.91 Å². The Labute approximate surface area is 226 Å². The van der Waals surface area contributed by atoms with Gasteiger partial charge in [-0.05, 0) is 41.0 Å². The summed E-state index contributed by atoms with van der Waals surface area (Å²) in [6.45, 7) is 0.203. The molecular weight excluding hydrogens is 507 g/mol. The van der Waals surface area contributed by atoms with Gasteiger partial charge in [0.05, 0.1) is 0 Å². The van der Waals surface area contributed by atoms with Crippen LogP contribution in [0.2, 0.25) is 10.0 Å². The molecule has 0 spiro atoms. The minimum absolute atomic E-state index is 0.187. The van der Waals surface area contributed by atoms with E-state index in [1.165, 1.54) is 0 Å². The number of benzene rings is 4. The van der Waals surface area contributed by atoms with Gasteiger partial charge in [0.15, 0.2) is 6.61 Å². The van der Waals surface area contributed by atoms with E-state index >= 15 is 0 Å². The summed E-state index contributed by atoms with van der Waals surface area (Å²) >= 11 is 12.3. The molecule has 188 valence electrons. The van der Waals surface area contributed by atoms with Crippen molar-refractivity contribution in [2.75, 3.05) is 6.61 Å². The summed E-state index contributed by atoms with van der Waals surface area (Å²) in [4.78, 5) is 28.8. The number of para-hydroxylation sites is 1. The Hall–Kier alpha value is -3.80. The Balaban J connectivity index is 1.62. The van der Waals surface area contributed by atoms with E-state index in [2.05, 4.69) is 5.32 Å². The van der Waals surface area contributed by atoms with E-state index in [1.54, 1.807) is 35.2 Å². The van der Waals surface area contributed by atoms with Crippen LogP contribution in [0.25, 0.3) is 0 Å². The van der Waals surface area contributed by atoms with Gasteiger partial charge in [-0.15, -0.1) is 0 Å². The van der Waals surface area contributed by atoms with Crippen LogP contribution in [0.1, 0.15) is 22.7 Å². The van der Waals surface area contributed by atoms with Crippen molar-refractivity contribution in [3.05, 3.63) is 136 Å². The van der Waals surface area contributed by atoms with Crippen LogP contribution in [0.4, 0.5) is 0 Å². The number of hydrogen-bond acceptors (Lipinski definition) is 3. The monoisotopic (exact) mass is 532 g/mol. The van der Waals surface area contributed by atoms with Gasteiger partial charge in [-0.25, -0.2) is 0 Å². The molecule has 0 aliphatic heterocycles. The fraction of sp³-hybridized carbons (Fsp3) is 0.133.